The smallest absolute Gasteiger partial charge is 0.213 e. The summed E-state index contributed by atoms with van der Waals surface area (Å²) in [6, 6.07) is 4.52. The highest BCUT2D eigenvalue weighted by molar-refractivity contribution is 5.23. The van der Waals surface area contributed by atoms with Crippen molar-refractivity contribution in [1.29, 1.82) is 0 Å². The largest absolute Gasteiger partial charge is 0.474 e. The number of hydrogen-bond donors (Lipinski definition) is 1. The average Bonchev–Trinajstić information content (AvgIpc) is 2.47. The predicted octanol–water partition coefficient (Wildman–Crippen LogP) is 4.10. The van der Waals surface area contributed by atoms with E-state index in [4.69, 9.17) is 4.74 Å². The molecule has 3 heteroatoms. The Morgan fingerprint density at radius 3 is 2.95 bits per heavy atom. The van der Waals surface area contributed by atoms with Gasteiger partial charge in [-0.2, -0.15) is 0 Å². The minimum absolute atomic E-state index is 0.338. The van der Waals surface area contributed by atoms with E-state index >= 15 is 0 Å². The Bertz CT molecular complexity index is 408. The van der Waals surface area contributed by atoms with E-state index < -0.39 is 0 Å². The fourth-order valence-electron chi connectivity index (χ4n) is 2.85. The van der Waals surface area contributed by atoms with Gasteiger partial charge in [-0.05, 0) is 56.7 Å². The first-order chi connectivity index (χ1) is 9.70. The van der Waals surface area contributed by atoms with Gasteiger partial charge >= 0.3 is 0 Å². The van der Waals surface area contributed by atoms with Crippen LogP contribution in [-0.2, 0) is 0 Å². The molecular weight excluding hydrogens is 248 g/mol. The summed E-state index contributed by atoms with van der Waals surface area (Å²) in [5, 5.41) is 3.50. The van der Waals surface area contributed by atoms with Crippen molar-refractivity contribution in [2.75, 3.05) is 6.54 Å². The monoisotopic (exact) mass is 276 g/mol. The summed E-state index contributed by atoms with van der Waals surface area (Å²) >= 11 is 0. The molecule has 1 saturated carbocycles. The molecule has 0 radical (unpaired) electrons. The zero-order valence-electron chi connectivity index (χ0n) is 13.1. The van der Waals surface area contributed by atoms with E-state index in [0.717, 1.165) is 25.3 Å². The van der Waals surface area contributed by atoms with Gasteiger partial charge in [0.25, 0.3) is 0 Å². The molecule has 3 unspecified atom stereocenters. The Balaban J connectivity index is 1.98. The molecule has 0 amide bonds. The molecule has 0 aromatic carbocycles. The van der Waals surface area contributed by atoms with Crippen molar-refractivity contribution in [2.24, 2.45) is 5.92 Å². The van der Waals surface area contributed by atoms with Gasteiger partial charge in [0, 0.05) is 18.3 Å². The van der Waals surface area contributed by atoms with Crippen LogP contribution in [0.15, 0.2) is 18.3 Å². The highest BCUT2D eigenvalue weighted by Gasteiger charge is 2.23. The fraction of sp³-hybridized carbons (Fsp3) is 0.706. The number of ether oxygens (including phenoxy) is 1. The van der Waals surface area contributed by atoms with E-state index in [1.54, 1.807) is 0 Å². The summed E-state index contributed by atoms with van der Waals surface area (Å²) < 4.78 is 6.12. The molecule has 20 heavy (non-hydrogen) atoms. The zero-order chi connectivity index (χ0) is 14.4. The van der Waals surface area contributed by atoms with Crippen molar-refractivity contribution in [1.82, 2.24) is 10.3 Å². The van der Waals surface area contributed by atoms with Crippen LogP contribution in [0.2, 0.25) is 0 Å². The maximum atomic E-state index is 6.12. The molecule has 0 spiro atoms. The lowest BCUT2D eigenvalue weighted by molar-refractivity contribution is 0.0974. The predicted molar refractivity (Wildman–Crippen MR) is 83.0 cm³/mol. The molecular formula is C17H28N2O. The molecule has 0 bridgehead atoms. The number of hydrogen-bond acceptors (Lipinski definition) is 3. The van der Waals surface area contributed by atoms with Gasteiger partial charge in [0.2, 0.25) is 5.88 Å². The normalized spacial score (nSPS) is 24.4. The van der Waals surface area contributed by atoms with Gasteiger partial charge in [-0.1, -0.05) is 20.3 Å². The van der Waals surface area contributed by atoms with Crippen LogP contribution in [-0.4, -0.2) is 17.6 Å². The lowest BCUT2D eigenvalue weighted by Gasteiger charge is -2.29. The topological polar surface area (TPSA) is 34.2 Å². The quantitative estimate of drug-likeness (QED) is 0.849. The van der Waals surface area contributed by atoms with Crippen LogP contribution in [0.4, 0.5) is 0 Å². The number of nitrogens with zero attached hydrogens (tertiary/aromatic N) is 1. The van der Waals surface area contributed by atoms with Crippen LogP contribution >= 0.6 is 0 Å². The molecule has 1 aromatic heterocycles. The third kappa shape index (κ3) is 4.20. The molecule has 112 valence electrons. The van der Waals surface area contributed by atoms with Crippen molar-refractivity contribution in [3.63, 3.8) is 0 Å². The highest BCUT2D eigenvalue weighted by Crippen LogP contribution is 2.28. The van der Waals surface area contributed by atoms with Crippen molar-refractivity contribution in [3.8, 4) is 5.88 Å². The van der Waals surface area contributed by atoms with Gasteiger partial charge in [-0.15, -0.1) is 0 Å². The molecule has 2 rings (SSSR count). The van der Waals surface area contributed by atoms with Crippen molar-refractivity contribution < 1.29 is 4.74 Å². The standard InChI is InChI=1S/C17H28N2O/c1-4-10-18-14(3)15-9-11-19-17(12-15)20-16-8-6-5-7-13(16)2/h9,11-14,16,18H,4-8,10H2,1-3H3. The van der Waals surface area contributed by atoms with Crippen LogP contribution < -0.4 is 10.1 Å². The van der Waals surface area contributed by atoms with E-state index in [-0.39, 0.29) is 0 Å². The Hall–Kier alpha value is -1.09. The zero-order valence-corrected chi connectivity index (χ0v) is 13.1. The summed E-state index contributed by atoms with van der Waals surface area (Å²) in [4.78, 5) is 4.38. The number of aromatic nitrogens is 1. The molecule has 1 aromatic rings. The van der Waals surface area contributed by atoms with Crippen LogP contribution in [0.25, 0.3) is 0 Å². The molecule has 1 fully saturated rings. The molecule has 1 aliphatic rings. The minimum atomic E-state index is 0.338. The van der Waals surface area contributed by atoms with Crippen molar-refractivity contribution >= 4 is 0 Å². The Morgan fingerprint density at radius 2 is 2.20 bits per heavy atom. The summed E-state index contributed by atoms with van der Waals surface area (Å²) in [6.45, 7) is 7.71. The Labute approximate surface area is 123 Å². The maximum Gasteiger partial charge on any atom is 0.213 e. The van der Waals surface area contributed by atoms with Gasteiger partial charge in [-0.3, -0.25) is 0 Å². The van der Waals surface area contributed by atoms with Crippen LogP contribution in [0.1, 0.15) is 64.5 Å². The average molecular weight is 276 g/mol. The van der Waals surface area contributed by atoms with Crippen LogP contribution in [0.3, 0.4) is 0 Å². The van der Waals surface area contributed by atoms with E-state index in [1.165, 1.54) is 24.8 Å². The summed E-state index contributed by atoms with van der Waals surface area (Å²) in [5.74, 6) is 1.43. The molecule has 1 heterocycles. The number of rotatable bonds is 6. The maximum absolute atomic E-state index is 6.12. The minimum Gasteiger partial charge on any atom is -0.474 e. The lowest BCUT2D eigenvalue weighted by atomic mass is 9.88. The molecule has 0 aliphatic heterocycles. The molecule has 3 nitrogen and oxygen atoms in total. The third-order valence-electron chi connectivity index (χ3n) is 4.26. The highest BCUT2D eigenvalue weighted by atomic mass is 16.5. The second-order valence-electron chi connectivity index (χ2n) is 6.02. The van der Waals surface area contributed by atoms with E-state index in [2.05, 4.69) is 43.2 Å². The van der Waals surface area contributed by atoms with Gasteiger partial charge < -0.3 is 10.1 Å². The van der Waals surface area contributed by atoms with Crippen molar-refractivity contribution in [3.05, 3.63) is 23.9 Å². The van der Waals surface area contributed by atoms with Gasteiger partial charge in [-0.25, -0.2) is 4.98 Å². The lowest BCUT2D eigenvalue weighted by Crippen LogP contribution is -2.28. The van der Waals surface area contributed by atoms with E-state index in [9.17, 15) is 0 Å². The second kappa shape index (κ2) is 7.63. The molecule has 3 atom stereocenters. The van der Waals surface area contributed by atoms with Crippen LogP contribution in [0.5, 0.6) is 5.88 Å². The van der Waals surface area contributed by atoms with Gasteiger partial charge in [0.05, 0.1) is 0 Å². The van der Waals surface area contributed by atoms with E-state index in [1.807, 2.05) is 6.20 Å². The Kier molecular flexibility index (Phi) is 5.84. The third-order valence-corrected chi connectivity index (χ3v) is 4.26. The SMILES string of the molecule is CCCNC(C)c1ccnc(OC2CCCCC2C)c1. The summed E-state index contributed by atoms with van der Waals surface area (Å²) in [6.07, 6.45) is 8.41. The molecule has 1 N–H and O–H groups in total. The molecule has 1 aliphatic carbocycles. The number of pyridine rings is 1. The van der Waals surface area contributed by atoms with Gasteiger partial charge in [0.15, 0.2) is 0 Å². The van der Waals surface area contributed by atoms with Crippen molar-refractivity contribution in [2.45, 2.75) is 65.0 Å². The van der Waals surface area contributed by atoms with Crippen LogP contribution in [0, 0.1) is 5.92 Å². The molecule has 0 saturated heterocycles. The fourth-order valence-corrected chi connectivity index (χ4v) is 2.85. The summed E-state index contributed by atoms with van der Waals surface area (Å²) in [7, 11) is 0. The summed E-state index contributed by atoms with van der Waals surface area (Å²) in [5.41, 5.74) is 1.26. The second-order valence-corrected chi connectivity index (χ2v) is 6.02. The van der Waals surface area contributed by atoms with Gasteiger partial charge in [0.1, 0.15) is 6.10 Å². The number of nitrogens with one attached hydrogen (secondary N) is 1. The first-order valence-corrected chi connectivity index (χ1v) is 8.06. The first-order valence-electron chi connectivity index (χ1n) is 8.06. The Morgan fingerprint density at radius 1 is 1.40 bits per heavy atom. The first kappa shape index (κ1) is 15.3. The van der Waals surface area contributed by atoms with E-state index in [0.29, 0.717) is 18.1 Å².